The van der Waals surface area contributed by atoms with Crippen LogP contribution >= 0.6 is 11.3 Å². The number of rotatable bonds is 3. The van der Waals surface area contributed by atoms with Crippen LogP contribution in [0.3, 0.4) is 0 Å². The van der Waals surface area contributed by atoms with Crippen LogP contribution in [-0.4, -0.2) is 21.1 Å². The summed E-state index contributed by atoms with van der Waals surface area (Å²) in [5, 5.41) is 13.8. The number of nitrogens with zero attached hydrogens (tertiary/aromatic N) is 2. The summed E-state index contributed by atoms with van der Waals surface area (Å²) >= 11 is 1.43. The standard InChI is InChI=1S/C18H20N4OS/c1-10(2)17-21-22-18(24-17)20-16(23)13-8-5-7-12-11-6-3-4-9-14(11)19-15(12)13/h5,7-8,10,19H,3-4,6,9H2,1-2H3,(H,20,22,23). The van der Waals surface area contributed by atoms with Gasteiger partial charge in [-0.1, -0.05) is 37.3 Å². The zero-order chi connectivity index (χ0) is 16.7. The molecule has 6 heteroatoms. The Morgan fingerprint density at radius 1 is 1.25 bits per heavy atom. The first-order chi connectivity index (χ1) is 11.6. The van der Waals surface area contributed by atoms with Crippen LogP contribution in [0.2, 0.25) is 0 Å². The molecule has 1 amide bonds. The van der Waals surface area contributed by atoms with Gasteiger partial charge in [-0.15, -0.1) is 10.2 Å². The number of hydrogen-bond acceptors (Lipinski definition) is 4. The highest BCUT2D eigenvalue weighted by Crippen LogP contribution is 2.31. The van der Waals surface area contributed by atoms with Gasteiger partial charge in [0, 0.05) is 17.0 Å². The van der Waals surface area contributed by atoms with Crippen LogP contribution in [0.5, 0.6) is 0 Å². The zero-order valence-corrected chi connectivity index (χ0v) is 14.7. The van der Waals surface area contributed by atoms with E-state index in [1.165, 1.54) is 40.8 Å². The van der Waals surface area contributed by atoms with E-state index < -0.39 is 0 Å². The number of nitrogens with one attached hydrogen (secondary N) is 2. The van der Waals surface area contributed by atoms with Gasteiger partial charge in [-0.25, -0.2) is 0 Å². The van der Waals surface area contributed by atoms with Gasteiger partial charge in [0.25, 0.3) is 5.91 Å². The molecule has 0 spiro atoms. The number of fused-ring (bicyclic) bond motifs is 3. The minimum Gasteiger partial charge on any atom is -0.358 e. The van der Waals surface area contributed by atoms with Gasteiger partial charge < -0.3 is 4.98 Å². The van der Waals surface area contributed by atoms with Gasteiger partial charge in [0.1, 0.15) is 5.01 Å². The average Bonchev–Trinajstić information content (AvgIpc) is 3.18. The van der Waals surface area contributed by atoms with E-state index in [1.807, 2.05) is 12.1 Å². The lowest BCUT2D eigenvalue weighted by Crippen LogP contribution is -2.12. The molecule has 2 N–H and O–H groups in total. The van der Waals surface area contributed by atoms with Crippen molar-refractivity contribution in [3.8, 4) is 0 Å². The van der Waals surface area contributed by atoms with Crippen molar-refractivity contribution in [2.24, 2.45) is 0 Å². The molecule has 5 nitrogen and oxygen atoms in total. The molecule has 1 aliphatic rings. The number of hydrogen-bond donors (Lipinski definition) is 2. The van der Waals surface area contributed by atoms with Crippen LogP contribution in [-0.2, 0) is 12.8 Å². The summed E-state index contributed by atoms with van der Waals surface area (Å²) in [7, 11) is 0. The zero-order valence-electron chi connectivity index (χ0n) is 13.8. The van der Waals surface area contributed by atoms with Crippen LogP contribution in [0.25, 0.3) is 10.9 Å². The number of carbonyl (C=O) groups is 1. The van der Waals surface area contributed by atoms with Crippen LogP contribution in [0, 0.1) is 0 Å². The number of H-pyrrole nitrogens is 1. The quantitative estimate of drug-likeness (QED) is 0.748. The first-order valence-electron chi connectivity index (χ1n) is 8.40. The second kappa shape index (κ2) is 6.02. The van der Waals surface area contributed by atoms with Crippen LogP contribution in [0.1, 0.15) is 59.2 Å². The maximum atomic E-state index is 12.7. The van der Waals surface area contributed by atoms with E-state index in [0.717, 1.165) is 23.4 Å². The molecule has 24 heavy (non-hydrogen) atoms. The smallest absolute Gasteiger partial charge is 0.259 e. The Balaban J connectivity index is 1.67. The number of para-hydroxylation sites is 1. The van der Waals surface area contributed by atoms with E-state index in [9.17, 15) is 4.79 Å². The van der Waals surface area contributed by atoms with Gasteiger partial charge >= 0.3 is 0 Å². The van der Waals surface area contributed by atoms with E-state index in [2.05, 4.69) is 40.4 Å². The largest absolute Gasteiger partial charge is 0.358 e. The Morgan fingerprint density at radius 3 is 2.88 bits per heavy atom. The minimum atomic E-state index is -0.134. The fourth-order valence-corrected chi connectivity index (χ4v) is 4.04. The number of carbonyl (C=O) groups excluding carboxylic acids is 1. The molecular formula is C18H20N4OS. The Hall–Kier alpha value is -2.21. The molecule has 0 saturated heterocycles. The summed E-state index contributed by atoms with van der Waals surface area (Å²) in [4.78, 5) is 16.2. The maximum Gasteiger partial charge on any atom is 0.259 e. The Kier molecular flexibility index (Phi) is 3.84. The van der Waals surface area contributed by atoms with E-state index in [1.54, 1.807) is 0 Å². The molecule has 2 aromatic heterocycles. The minimum absolute atomic E-state index is 0.134. The molecule has 0 saturated carbocycles. The van der Waals surface area contributed by atoms with Gasteiger partial charge in [0.2, 0.25) is 5.13 Å². The molecule has 0 aliphatic heterocycles. The molecule has 124 valence electrons. The number of benzene rings is 1. The van der Waals surface area contributed by atoms with Crippen molar-refractivity contribution < 1.29 is 4.79 Å². The van der Waals surface area contributed by atoms with E-state index in [4.69, 9.17) is 0 Å². The number of anilines is 1. The van der Waals surface area contributed by atoms with Crippen LogP contribution in [0.4, 0.5) is 5.13 Å². The highest BCUT2D eigenvalue weighted by atomic mass is 32.1. The van der Waals surface area contributed by atoms with Crippen molar-refractivity contribution in [3.05, 3.63) is 40.0 Å². The molecule has 0 radical (unpaired) electrons. The second-order valence-corrected chi connectivity index (χ2v) is 7.58. The Bertz CT molecular complexity index is 909. The van der Waals surface area contributed by atoms with E-state index in [-0.39, 0.29) is 5.91 Å². The lowest BCUT2D eigenvalue weighted by Gasteiger charge is -2.10. The van der Waals surface area contributed by atoms with Crippen molar-refractivity contribution in [1.29, 1.82) is 0 Å². The molecule has 1 aromatic carbocycles. The molecule has 0 unspecified atom stereocenters. The third kappa shape index (κ3) is 2.60. The molecule has 0 atom stereocenters. The molecule has 0 fully saturated rings. The normalized spacial score (nSPS) is 14.1. The highest BCUT2D eigenvalue weighted by molar-refractivity contribution is 7.15. The summed E-state index contributed by atoms with van der Waals surface area (Å²) in [5.74, 6) is 0.178. The van der Waals surface area contributed by atoms with Gasteiger partial charge in [-0.2, -0.15) is 0 Å². The summed E-state index contributed by atoms with van der Waals surface area (Å²) in [6.45, 7) is 4.13. The Labute approximate surface area is 144 Å². The number of aromatic nitrogens is 3. The van der Waals surface area contributed by atoms with E-state index >= 15 is 0 Å². The van der Waals surface area contributed by atoms with Crippen molar-refractivity contribution in [3.63, 3.8) is 0 Å². The van der Waals surface area contributed by atoms with Gasteiger partial charge in [0.15, 0.2) is 0 Å². The lowest BCUT2D eigenvalue weighted by molar-refractivity contribution is 0.102. The fourth-order valence-electron chi connectivity index (χ4n) is 3.30. The van der Waals surface area contributed by atoms with Crippen molar-refractivity contribution in [2.45, 2.75) is 45.4 Å². The van der Waals surface area contributed by atoms with Crippen molar-refractivity contribution >= 4 is 33.3 Å². The molecule has 4 rings (SSSR count). The molecular weight excluding hydrogens is 320 g/mol. The third-order valence-corrected chi connectivity index (χ3v) is 5.67. The molecule has 3 aromatic rings. The number of aryl methyl sites for hydroxylation is 2. The first-order valence-corrected chi connectivity index (χ1v) is 9.22. The first kappa shape index (κ1) is 15.3. The summed E-state index contributed by atoms with van der Waals surface area (Å²) in [5.41, 5.74) is 4.28. The molecule has 2 heterocycles. The average molecular weight is 340 g/mol. The predicted molar refractivity (Wildman–Crippen MR) is 96.9 cm³/mol. The maximum absolute atomic E-state index is 12.7. The lowest BCUT2D eigenvalue weighted by atomic mass is 9.95. The third-order valence-electron chi connectivity index (χ3n) is 4.53. The van der Waals surface area contributed by atoms with Crippen molar-refractivity contribution in [2.75, 3.05) is 5.32 Å². The summed E-state index contributed by atoms with van der Waals surface area (Å²) in [6, 6.07) is 5.93. The van der Waals surface area contributed by atoms with Crippen molar-refractivity contribution in [1.82, 2.24) is 15.2 Å². The topological polar surface area (TPSA) is 70.7 Å². The summed E-state index contributed by atoms with van der Waals surface area (Å²) in [6.07, 6.45) is 4.59. The number of aromatic amines is 1. The highest BCUT2D eigenvalue weighted by Gasteiger charge is 2.20. The van der Waals surface area contributed by atoms with Gasteiger partial charge in [-0.3, -0.25) is 10.1 Å². The van der Waals surface area contributed by atoms with Gasteiger partial charge in [0.05, 0.1) is 11.1 Å². The molecule has 1 aliphatic carbocycles. The van der Waals surface area contributed by atoms with Gasteiger partial charge in [-0.05, 0) is 37.3 Å². The molecule has 0 bridgehead atoms. The SMILES string of the molecule is CC(C)c1nnc(NC(=O)c2cccc3c4c([nH]c23)CCCC4)s1. The predicted octanol–water partition coefficient (Wildman–Crippen LogP) is 4.27. The van der Waals surface area contributed by atoms with E-state index in [0.29, 0.717) is 16.6 Å². The monoisotopic (exact) mass is 340 g/mol. The summed E-state index contributed by atoms with van der Waals surface area (Å²) < 4.78 is 0. The van der Waals surface area contributed by atoms with Crippen LogP contribution in [0.15, 0.2) is 18.2 Å². The Morgan fingerprint density at radius 2 is 2.08 bits per heavy atom. The fraction of sp³-hybridized carbons (Fsp3) is 0.389. The van der Waals surface area contributed by atoms with Crippen LogP contribution < -0.4 is 5.32 Å². The second-order valence-electron chi connectivity index (χ2n) is 6.57. The number of amides is 1.